The van der Waals surface area contributed by atoms with Gasteiger partial charge < -0.3 is 18.9 Å². The molecule has 1 fully saturated rings. The van der Waals surface area contributed by atoms with Gasteiger partial charge in [0.2, 0.25) is 0 Å². The van der Waals surface area contributed by atoms with E-state index in [1.54, 1.807) is 4.90 Å². The van der Waals surface area contributed by atoms with Crippen molar-refractivity contribution in [2.75, 3.05) is 19.7 Å². The highest BCUT2D eigenvalue weighted by Crippen LogP contribution is 2.25. The first-order valence-corrected chi connectivity index (χ1v) is 9.75. The number of hydrogen-bond donors (Lipinski definition) is 0. The molecule has 0 radical (unpaired) electrons. The summed E-state index contributed by atoms with van der Waals surface area (Å²) in [6.45, 7) is 3.21. The van der Waals surface area contributed by atoms with Crippen molar-refractivity contribution in [3.8, 4) is 11.5 Å². The van der Waals surface area contributed by atoms with Gasteiger partial charge in [0, 0.05) is 19.0 Å². The number of aryl methyl sites for hydroxylation is 1. The monoisotopic (exact) mass is 411 g/mol. The zero-order chi connectivity index (χ0) is 20.9. The van der Waals surface area contributed by atoms with E-state index in [-0.39, 0.29) is 30.9 Å². The molecule has 1 saturated heterocycles. The zero-order valence-electron chi connectivity index (χ0n) is 16.6. The molecular formula is C22H22FN3O4. The van der Waals surface area contributed by atoms with E-state index in [0.29, 0.717) is 30.6 Å². The molecule has 1 aliphatic rings. The van der Waals surface area contributed by atoms with Crippen LogP contribution in [-0.4, -0.2) is 40.6 Å². The summed E-state index contributed by atoms with van der Waals surface area (Å²) >= 11 is 0. The summed E-state index contributed by atoms with van der Waals surface area (Å²) in [4.78, 5) is 18.5. The summed E-state index contributed by atoms with van der Waals surface area (Å²) in [7, 11) is 0. The SMILES string of the molecule is Cc1ccc(OCc2nc(C3CCN(C(=O)COc4ccc(F)cc4)C3)no2)cc1. The topological polar surface area (TPSA) is 77.7 Å². The standard InChI is InChI=1S/C22H22FN3O4/c1-15-2-6-18(7-3-15)28-13-20-24-22(25-30-20)16-10-11-26(12-16)21(27)14-29-19-8-4-17(23)5-9-19/h2-9,16H,10-14H2,1H3. The van der Waals surface area contributed by atoms with Gasteiger partial charge in [0.25, 0.3) is 11.8 Å². The lowest BCUT2D eigenvalue weighted by molar-refractivity contribution is -0.132. The molecule has 4 rings (SSSR count). The fourth-order valence-electron chi connectivity index (χ4n) is 3.24. The maximum atomic E-state index is 12.9. The van der Waals surface area contributed by atoms with Gasteiger partial charge in [-0.05, 0) is 49.7 Å². The molecule has 2 aromatic carbocycles. The molecule has 30 heavy (non-hydrogen) atoms. The Morgan fingerprint density at radius 1 is 1.13 bits per heavy atom. The lowest BCUT2D eigenvalue weighted by Crippen LogP contribution is -2.32. The van der Waals surface area contributed by atoms with Gasteiger partial charge in [0.1, 0.15) is 17.3 Å². The molecule has 0 spiro atoms. The lowest BCUT2D eigenvalue weighted by Gasteiger charge is -2.16. The largest absolute Gasteiger partial charge is 0.484 e. The van der Waals surface area contributed by atoms with Gasteiger partial charge in [-0.25, -0.2) is 4.39 Å². The van der Waals surface area contributed by atoms with Crippen LogP contribution in [0.25, 0.3) is 0 Å². The Kier molecular flexibility index (Phi) is 5.92. The second kappa shape index (κ2) is 8.94. The van der Waals surface area contributed by atoms with Crippen LogP contribution in [0.5, 0.6) is 11.5 Å². The first-order valence-electron chi connectivity index (χ1n) is 9.75. The highest BCUT2D eigenvalue weighted by molar-refractivity contribution is 5.78. The fraction of sp³-hybridized carbons (Fsp3) is 0.318. The Hall–Kier alpha value is -3.42. The van der Waals surface area contributed by atoms with E-state index in [4.69, 9.17) is 14.0 Å². The van der Waals surface area contributed by atoms with Gasteiger partial charge >= 0.3 is 0 Å². The van der Waals surface area contributed by atoms with E-state index < -0.39 is 0 Å². The van der Waals surface area contributed by atoms with E-state index in [9.17, 15) is 9.18 Å². The maximum absolute atomic E-state index is 12.9. The molecule has 3 aromatic rings. The third-order valence-corrected chi connectivity index (χ3v) is 4.95. The van der Waals surface area contributed by atoms with Gasteiger partial charge in [-0.15, -0.1) is 0 Å². The summed E-state index contributed by atoms with van der Waals surface area (Å²) < 4.78 is 29.3. The van der Waals surface area contributed by atoms with Crippen molar-refractivity contribution in [3.63, 3.8) is 0 Å². The van der Waals surface area contributed by atoms with E-state index in [0.717, 1.165) is 17.7 Å². The minimum Gasteiger partial charge on any atom is -0.484 e. The third-order valence-electron chi connectivity index (χ3n) is 4.95. The van der Waals surface area contributed by atoms with Crippen molar-refractivity contribution < 1.29 is 23.2 Å². The average molecular weight is 411 g/mol. The number of carbonyl (C=O) groups excluding carboxylic acids is 1. The molecule has 7 nitrogen and oxygen atoms in total. The highest BCUT2D eigenvalue weighted by atomic mass is 19.1. The van der Waals surface area contributed by atoms with Gasteiger partial charge in [-0.1, -0.05) is 22.9 Å². The second-order valence-electron chi connectivity index (χ2n) is 7.22. The number of amides is 1. The summed E-state index contributed by atoms with van der Waals surface area (Å²) in [5, 5.41) is 4.05. The molecule has 0 bridgehead atoms. The Balaban J connectivity index is 1.26. The number of hydrogen-bond acceptors (Lipinski definition) is 6. The first-order chi connectivity index (χ1) is 14.6. The van der Waals surface area contributed by atoms with Crippen LogP contribution in [-0.2, 0) is 11.4 Å². The smallest absolute Gasteiger partial charge is 0.264 e. The van der Waals surface area contributed by atoms with Crippen LogP contribution in [0.2, 0.25) is 0 Å². The van der Waals surface area contributed by atoms with Crippen LogP contribution in [0.4, 0.5) is 4.39 Å². The Morgan fingerprint density at radius 3 is 2.60 bits per heavy atom. The van der Waals surface area contributed by atoms with Crippen LogP contribution in [0.3, 0.4) is 0 Å². The number of benzene rings is 2. The van der Waals surface area contributed by atoms with Crippen LogP contribution in [0.1, 0.15) is 29.6 Å². The Labute approximate surface area is 173 Å². The quantitative estimate of drug-likeness (QED) is 0.592. The van der Waals surface area contributed by atoms with Gasteiger partial charge in [-0.3, -0.25) is 4.79 Å². The molecule has 1 unspecified atom stereocenters. The first kappa shape index (κ1) is 19.9. The molecular weight excluding hydrogens is 389 g/mol. The Bertz CT molecular complexity index is 988. The van der Waals surface area contributed by atoms with Gasteiger partial charge in [-0.2, -0.15) is 4.98 Å². The van der Waals surface area contributed by atoms with Crippen LogP contribution < -0.4 is 9.47 Å². The number of aromatic nitrogens is 2. The Morgan fingerprint density at radius 2 is 1.83 bits per heavy atom. The summed E-state index contributed by atoms with van der Waals surface area (Å²) in [6.07, 6.45) is 0.750. The van der Waals surface area contributed by atoms with Crippen LogP contribution in [0, 0.1) is 12.7 Å². The molecule has 1 atom stereocenters. The molecule has 2 heterocycles. The normalized spacial score (nSPS) is 15.9. The van der Waals surface area contributed by atoms with E-state index in [1.165, 1.54) is 24.3 Å². The van der Waals surface area contributed by atoms with Crippen molar-refractivity contribution >= 4 is 5.91 Å². The van der Waals surface area contributed by atoms with Crippen molar-refractivity contribution in [3.05, 3.63) is 71.6 Å². The van der Waals surface area contributed by atoms with Crippen molar-refractivity contribution in [2.45, 2.75) is 25.9 Å². The minimum absolute atomic E-state index is 0.0108. The molecule has 1 aromatic heterocycles. The number of nitrogens with zero attached hydrogens (tertiary/aromatic N) is 3. The average Bonchev–Trinajstić information content (AvgIpc) is 3.42. The molecule has 8 heteroatoms. The van der Waals surface area contributed by atoms with E-state index in [2.05, 4.69) is 10.1 Å². The fourth-order valence-corrected chi connectivity index (χ4v) is 3.24. The number of rotatable bonds is 7. The minimum atomic E-state index is -0.347. The van der Waals surface area contributed by atoms with Crippen molar-refractivity contribution in [1.29, 1.82) is 0 Å². The van der Waals surface area contributed by atoms with Crippen molar-refractivity contribution in [1.82, 2.24) is 15.0 Å². The summed E-state index contributed by atoms with van der Waals surface area (Å²) in [5.74, 6) is 1.70. The molecule has 0 aliphatic carbocycles. The predicted molar refractivity (Wildman–Crippen MR) is 106 cm³/mol. The highest BCUT2D eigenvalue weighted by Gasteiger charge is 2.30. The molecule has 156 valence electrons. The maximum Gasteiger partial charge on any atom is 0.264 e. The van der Waals surface area contributed by atoms with E-state index >= 15 is 0 Å². The van der Waals surface area contributed by atoms with Crippen LogP contribution in [0.15, 0.2) is 53.1 Å². The number of ether oxygens (including phenoxy) is 2. The molecule has 0 saturated carbocycles. The molecule has 1 amide bonds. The lowest BCUT2D eigenvalue weighted by atomic mass is 10.1. The van der Waals surface area contributed by atoms with Crippen LogP contribution >= 0.6 is 0 Å². The molecule has 0 N–H and O–H groups in total. The summed E-state index contributed by atoms with van der Waals surface area (Å²) in [6, 6.07) is 13.3. The van der Waals surface area contributed by atoms with Gasteiger partial charge in [0.15, 0.2) is 19.0 Å². The predicted octanol–water partition coefficient (Wildman–Crippen LogP) is 3.49. The number of likely N-dealkylation sites (tertiary alicyclic amines) is 1. The third kappa shape index (κ3) is 4.94. The van der Waals surface area contributed by atoms with Gasteiger partial charge in [0.05, 0.1) is 0 Å². The zero-order valence-corrected chi connectivity index (χ0v) is 16.6. The van der Waals surface area contributed by atoms with E-state index in [1.807, 2.05) is 31.2 Å². The molecule has 1 aliphatic heterocycles. The van der Waals surface area contributed by atoms with Crippen molar-refractivity contribution in [2.24, 2.45) is 0 Å². The number of halogens is 1. The second-order valence-corrected chi connectivity index (χ2v) is 7.22. The summed E-state index contributed by atoms with van der Waals surface area (Å²) in [5.41, 5.74) is 1.16. The number of carbonyl (C=O) groups is 1.